The summed E-state index contributed by atoms with van der Waals surface area (Å²) >= 11 is 0. The minimum Gasteiger partial charge on any atom is -0.457 e. The molecule has 3 saturated heterocycles. The number of carbonyl (C=O) groups excluding carboxylic acids is 1. The first-order chi connectivity index (χ1) is 12.7. The third-order valence-electron chi connectivity index (χ3n) is 5.24. The molecule has 5 heteroatoms. The van der Waals surface area contributed by atoms with Gasteiger partial charge in [-0.05, 0) is 62.2 Å². The molecular weight excluding hydrogens is 326 g/mol. The largest absolute Gasteiger partial charge is 0.457 e. The molecule has 1 N–H and O–H groups in total. The molecule has 2 bridgehead atoms. The number of benzene rings is 2. The monoisotopic (exact) mass is 351 g/mol. The zero-order chi connectivity index (χ0) is 17.9. The second-order valence-corrected chi connectivity index (χ2v) is 7.34. The first kappa shape index (κ1) is 16.9. The van der Waals surface area contributed by atoms with Gasteiger partial charge in [0.1, 0.15) is 11.5 Å². The fourth-order valence-corrected chi connectivity index (χ4v) is 3.99. The number of carbonyl (C=O) groups is 1. The molecule has 0 radical (unpaired) electrons. The van der Waals surface area contributed by atoms with Gasteiger partial charge < -0.3 is 19.9 Å². The third kappa shape index (κ3) is 3.83. The van der Waals surface area contributed by atoms with Crippen molar-refractivity contribution in [2.75, 3.05) is 32.0 Å². The molecule has 3 aliphatic heterocycles. The number of hydrogen-bond acceptors (Lipinski definition) is 3. The lowest BCUT2D eigenvalue weighted by Gasteiger charge is -2.36. The number of likely N-dealkylation sites (N-methyl/N-ethyl adjacent to an activating group) is 1. The summed E-state index contributed by atoms with van der Waals surface area (Å²) in [5.74, 6) is 2.14. The minimum atomic E-state index is 0.00623. The summed E-state index contributed by atoms with van der Waals surface area (Å²) in [7, 11) is 2.15. The summed E-state index contributed by atoms with van der Waals surface area (Å²) < 4.78 is 5.79. The molecule has 3 heterocycles. The van der Waals surface area contributed by atoms with Crippen LogP contribution in [0.3, 0.4) is 0 Å². The molecule has 0 aliphatic carbocycles. The second-order valence-electron chi connectivity index (χ2n) is 7.34. The lowest BCUT2D eigenvalue weighted by atomic mass is 9.95. The molecule has 3 aliphatic rings. The van der Waals surface area contributed by atoms with Crippen LogP contribution >= 0.6 is 0 Å². The number of nitrogens with zero attached hydrogens (tertiary/aromatic N) is 2. The molecule has 3 fully saturated rings. The van der Waals surface area contributed by atoms with E-state index in [4.69, 9.17) is 4.74 Å². The van der Waals surface area contributed by atoms with E-state index in [0.717, 1.165) is 43.2 Å². The Morgan fingerprint density at radius 2 is 1.69 bits per heavy atom. The lowest BCUT2D eigenvalue weighted by molar-refractivity contribution is 0.152. The van der Waals surface area contributed by atoms with Crippen LogP contribution in [0.4, 0.5) is 10.5 Å². The smallest absolute Gasteiger partial charge is 0.322 e. The van der Waals surface area contributed by atoms with Crippen molar-refractivity contribution in [2.24, 2.45) is 5.92 Å². The molecule has 5 nitrogen and oxygen atoms in total. The van der Waals surface area contributed by atoms with Crippen LogP contribution in [-0.2, 0) is 0 Å². The van der Waals surface area contributed by atoms with Crippen LogP contribution in [0.2, 0.25) is 0 Å². The summed E-state index contributed by atoms with van der Waals surface area (Å²) in [6.07, 6.45) is 2.33. The van der Waals surface area contributed by atoms with Crippen molar-refractivity contribution < 1.29 is 9.53 Å². The molecule has 0 saturated carbocycles. The van der Waals surface area contributed by atoms with E-state index in [-0.39, 0.29) is 6.03 Å². The van der Waals surface area contributed by atoms with Crippen molar-refractivity contribution >= 4 is 11.7 Å². The number of amides is 2. The lowest BCUT2D eigenvalue weighted by Crippen LogP contribution is -2.49. The molecule has 2 aromatic carbocycles. The van der Waals surface area contributed by atoms with Crippen molar-refractivity contribution in [3.63, 3.8) is 0 Å². The molecule has 2 atom stereocenters. The first-order valence-electron chi connectivity index (χ1n) is 9.26. The quantitative estimate of drug-likeness (QED) is 0.908. The van der Waals surface area contributed by atoms with Crippen LogP contribution in [-0.4, -0.2) is 48.6 Å². The van der Waals surface area contributed by atoms with Crippen LogP contribution in [0.25, 0.3) is 0 Å². The number of ether oxygens (including phenoxy) is 1. The SMILES string of the molecule is CN1C[C@H]2CC[C@@H](C1)N(C(=O)Nc1ccc(Oc3ccccc3)cc1)C2. The van der Waals surface area contributed by atoms with E-state index in [2.05, 4.69) is 17.3 Å². The number of rotatable bonds is 3. The Labute approximate surface area is 154 Å². The molecule has 0 aromatic heterocycles. The second kappa shape index (κ2) is 7.38. The number of hydrogen-bond donors (Lipinski definition) is 1. The minimum absolute atomic E-state index is 0.00623. The highest BCUT2D eigenvalue weighted by atomic mass is 16.5. The van der Waals surface area contributed by atoms with E-state index < -0.39 is 0 Å². The summed E-state index contributed by atoms with van der Waals surface area (Å²) in [4.78, 5) is 17.1. The number of urea groups is 1. The van der Waals surface area contributed by atoms with Gasteiger partial charge in [-0.25, -0.2) is 4.79 Å². The van der Waals surface area contributed by atoms with Crippen LogP contribution in [0, 0.1) is 5.92 Å². The van der Waals surface area contributed by atoms with E-state index in [1.165, 1.54) is 6.42 Å². The Hall–Kier alpha value is -2.53. The highest BCUT2D eigenvalue weighted by Gasteiger charge is 2.36. The van der Waals surface area contributed by atoms with Gasteiger partial charge in [-0.1, -0.05) is 18.2 Å². The number of para-hydroxylation sites is 1. The zero-order valence-electron chi connectivity index (χ0n) is 15.1. The summed E-state index contributed by atoms with van der Waals surface area (Å²) in [5.41, 5.74) is 0.795. The molecule has 2 aromatic rings. The zero-order valence-corrected chi connectivity index (χ0v) is 15.1. The Morgan fingerprint density at radius 3 is 2.46 bits per heavy atom. The highest BCUT2D eigenvalue weighted by molar-refractivity contribution is 5.89. The fraction of sp³-hybridized carbons (Fsp3) is 0.381. The average molecular weight is 351 g/mol. The number of piperidine rings is 1. The van der Waals surface area contributed by atoms with Crippen molar-refractivity contribution in [3.8, 4) is 11.5 Å². The van der Waals surface area contributed by atoms with Gasteiger partial charge in [-0.3, -0.25) is 0 Å². The fourth-order valence-electron chi connectivity index (χ4n) is 3.99. The van der Waals surface area contributed by atoms with Gasteiger partial charge in [-0.2, -0.15) is 0 Å². The van der Waals surface area contributed by atoms with Crippen molar-refractivity contribution in [2.45, 2.75) is 18.9 Å². The molecule has 5 rings (SSSR count). The molecule has 0 spiro atoms. The predicted octanol–water partition coefficient (Wildman–Crippen LogP) is 4.04. The van der Waals surface area contributed by atoms with Crippen molar-refractivity contribution in [3.05, 3.63) is 54.6 Å². The van der Waals surface area contributed by atoms with Gasteiger partial charge in [0.2, 0.25) is 0 Å². The van der Waals surface area contributed by atoms with Crippen LogP contribution in [0.1, 0.15) is 12.8 Å². The summed E-state index contributed by atoms with van der Waals surface area (Å²) in [6.45, 7) is 2.91. The Bertz CT molecular complexity index is 748. The van der Waals surface area contributed by atoms with E-state index in [1.807, 2.05) is 59.5 Å². The molecular formula is C21H25N3O2. The first-order valence-corrected chi connectivity index (χ1v) is 9.26. The standard InChI is InChI=1S/C21H25N3O2/c1-23-13-16-7-10-18(15-23)24(14-16)21(25)22-17-8-11-20(12-9-17)26-19-5-3-2-4-6-19/h2-6,8-9,11-12,16,18H,7,10,13-15H2,1H3,(H,22,25)/t16-,18+/m1/s1. The number of anilines is 1. The van der Waals surface area contributed by atoms with Gasteiger partial charge in [0.05, 0.1) is 0 Å². The van der Waals surface area contributed by atoms with E-state index in [9.17, 15) is 4.79 Å². The molecule has 0 unspecified atom stereocenters. The van der Waals surface area contributed by atoms with E-state index >= 15 is 0 Å². The van der Waals surface area contributed by atoms with Gasteiger partial charge in [0, 0.05) is 31.4 Å². The molecule has 26 heavy (non-hydrogen) atoms. The average Bonchev–Trinajstić information content (AvgIpc) is 2.93. The third-order valence-corrected chi connectivity index (χ3v) is 5.24. The highest BCUT2D eigenvalue weighted by Crippen LogP contribution is 2.28. The Kier molecular flexibility index (Phi) is 4.80. The maximum atomic E-state index is 12.8. The van der Waals surface area contributed by atoms with Crippen molar-refractivity contribution in [1.29, 1.82) is 0 Å². The topological polar surface area (TPSA) is 44.8 Å². The van der Waals surface area contributed by atoms with Gasteiger partial charge in [0.25, 0.3) is 0 Å². The summed E-state index contributed by atoms with van der Waals surface area (Å²) in [5, 5.41) is 3.04. The van der Waals surface area contributed by atoms with Crippen LogP contribution in [0.15, 0.2) is 54.6 Å². The number of fused-ring (bicyclic) bond motifs is 4. The van der Waals surface area contributed by atoms with Gasteiger partial charge >= 0.3 is 6.03 Å². The van der Waals surface area contributed by atoms with E-state index in [1.54, 1.807) is 0 Å². The van der Waals surface area contributed by atoms with Gasteiger partial charge in [-0.15, -0.1) is 0 Å². The van der Waals surface area contributed by atoms with Crippen LogP contribution in [0.5, 0.6) is 11.5 Å². The summed E-state index contributed by atoms with van der Waals surface area (Å²) in [6, 6.07) is 17.5. The Balaban J connectivity index is 1.39. The molecule has 2 amide bonds. The Morgan fingerprint density at radius 1 is 0.962 bits per heavy atom. The normalized spacial score (nSPS) is 22.7. The van der Waals surface area contributed by atoms with Crippen LogP contribution < -0.4 is 10.1 Å². The predicted molar refractivity (Wildman–Crippen MR) is 103 cm³/mol. The van der Waals surface area contributed by atoms with E-state index in [0.29, 0.717) is 12.0 Å². The maximum absolute atomic E-state index is 12.8. The maximum Gasteiger partial charge on any atom is 0.322 e. The number of nitrogens with one attached hydrogen (secondary N) is 1. The van der Waals surface area contributed by atoms with Gasteiger partial charge in [0.15, 0.2) is 0 Å². The molecule has 136 valence electrons. The van der Waals surface area contributed by atoms with Crippen molar-refractivity contribution in [1.82, 2.24) is 9.80 Å².